The minimum atomic E-state index is -0.613. The van der Waals surface area contributed by atoms with Crippen LogP contribution in [0.4, 0.5) is 5.13 Å². The molecular weight excluding hydrogens is 324 g/mol. The number of rotatable bonds is 6. The van der Waals surface area contributed by atoms with Crippen LogP contribution in [0.25, 0.3) is 10.2 Å². The maximum atomic E-state index is 12.3. The Morgan fingerprint density at radius 3 is 2.75 bits per heavy atom. The predicted molar refractivity (Wildman–Crippen MR) is 96.0 cm³/mol. The highest BCUT2D eigenvalue weighted by Gasteiger charge is 2.16. The topological polar surface area (TPSA) is 60.5 Å². The fourth-order valence-corrected chi connectivity index (χ4v) is 3.08. The molecule has 3 rings (SSSR count). The molecule has 1 heterocycles. The summed E-state index contributed by atoms with van der Waals surface area (Å²) in [6, 6.07) is 14.9. The molecule has 1 amide bonds. The first-order valence-corrected chi connectivity index (χ1v) is 8.53. The Hall–Kier alpha value is -2.60. The molecule has 124 valence electrons. The quantitative estimate of drug-likeness (QED) is 0.732. The van der Waals surface area contributed by atoms with Crippen molar-refractivity contribution in [1.82, 2.24) is 4.98 Å². The van der Waals surface area contributed by atoms with Crippen molar-refractivity contribution < 1.29 is 14.3 Å². The van der Waals surface area contributed by atoms with Crippen LogP contribution in [0.1, 0.15) is 13.8 Å². The first kappa shape index (κ1) is 16.3. The van der Waals surface area contributed by atoms with Crippen LogP contribution in [0.15, 0.2) is 48.5 Å². The van der Waals surface area contributed by atoms with E-state index in [4.69, 9.17) is 9.47 Å². The van der Waals surface area contributed by atoms with Gasteiger partial charge in [0.05, 0.1) is 16.8 Å². The highest BCUT2D eigenvalue weighted by atomic mass is 32.1. The van der Waals surface area contributed by atoms with E-state index in [0.29, 0.717) is 17.5 Å². The summed E-state index contributed by atoms with van der Waals surface area (Å²) in [6.45, 7) is 4.27. The van der Waals surface area contributed by atoms with Crippen molar-refractivity contribution in [2.75, 3.05) is 11.9 Å². The number of ether oxygens (including phenoxy) is 2. The Morgan fingerprint density at radius 2 is 2.00 bits per heavy atom. The smallest absolute Gasteiger partial charge is 0.266 e. The molecule has 1 atom stereocenters. The molecule has 0 saturated carbocycles. The minimum absolute atomic E-state index is 0.233. The van der Waals surface area contributed by atoms with E-state index in [2.05, 4.69) is 10.3 Å². The molecule has 0 bridgehead atoms. The van der Waals surface area contributed by atoms with Crippen LogP contribution >= 0.6 is 11.3 Å². The molecule has 0 aliphatic rings. The lowest BCUT2D eigenvalue weighted by molar-refractivity contribution is -0.122. The average molecular weight is 342 g/mol. The Balaban J connectivity index is 1.68. The number of amides is 1. The normalized spacial score (nSPS) is 11.9. The third kappa shape index (κ3) is 3.83. The molecule has 0 unspecified atom stereocenters. The van der Waals surface area contributed by atoms with E-state index in [1.54, 1.807) is 6.92 Å². The molecule has 2 aromatic carbocycles. The van der Waals surface area contributed by atoms with Gasteiger partial charge in [-0.3, -0.25) is 10.1 Å². The highest BCUT2D eigenvalue weighted by molar-refractivity contribution is 7.22. The van der Waals surface area contributed by atoms with Gasteiger partial charge >= 0.3 is 0 Å². The number of hydrogen-bond acceptors (Lipinski definition) is 5. The molecule has 0 spiro atoms. The van der Waals surface area contributed by atoms with Gasteiger partial charge in [0.1, 0.15) is 11.5 Å². The molecule has 0 aliphatic carbocycles. The van der Waals surface area contributed by atoms with Crippen LogP contribution in [-0.4, -0.2) is 23.6 Å². The monoisotopic (exact) mass is 342 g/mol. The SMILES string of the molecule is CCOc1ccc2nc(NC(=O)[C@H](C)Oc3ccccc3)sc2c1. The van der Waals surface area contributed by atoms with Crippen molar-refractivity contribution in [3.63, 3.8) is 0 Å². The number of fused-ring (bicyclic) bond motifs is 1. The lowest BCUT2D eigenvalue weighted by atomic mass is 10.3. The van der Waals surface area contributed by atoms with Crippen LogP contribution in [-0.2, 0) is 4.79 Å². The second-order valence-electron chi connectivity index (χ2n) is 5.14. The zero-order chi connectivity index (χ0) is 16.9. The van der Waals surface area contributed by atoms with Crippen LogP contribution < -0.4 is 14.8 Å². The van der Waals surface area contributed by atoms with E-state index < -0.39 is 6.10 Å². The average Bonchev–Trinajstić information content (AvgIpc) is 2.97. The molecule has 0 radical (unpaired) electrons. The fourth-order valence-electron chi connectivity index (χ4n) is 2.18. The molecule has 0 aliphatic heterocycles. The van der Waals surface area contributed by atoms with Crippen LogP contribution in [0.2, 0.25) is 0 Å². The lowest BCUT2D eigenvalue weighted by Crippen LogP contribution is -2.30. The summed E-state index contributed by atoms with van der Waals surface area (Å²) in [5, 5.41) is 3.35. The predicted octanol–water partition coefficient (Wildman–Crippen LogP) is 4.10. The number of carbonyl (C=O) groups excluding carboxylic acids is 1. The minimum Gasteiger partial charge on any atom is -0.494 e. The summed E-state index contributed by atoms with van der Waals surface area (Å²) in [5.41, 5.74) is 0.829. The maximum Gasteiger partial charge on any atom is 0.266 e. The summed E-state index contributed by atoms with van der Waals surface area (Å²) < 4.78 is 12.1. The molecule has 0 saturated heterocycles. The second kappa shape index (κ2) is 7.31. The van der Waals surface area contributed by atoms with Crippen LogP contribution in [0.3, 0.4) is 0 Å². The first-order valence-electron chi connectivity index (χ1n) is 7.71. The van der Waals surface area contributed by atoms with Crippen molar-refractivity contribution in [2.24, 2.45) is 0 Å². The number of benzene rings is 2. The van der Waals surface area contributed by atoms with Gasteiger partial charge in [-0.05, 0) is 44.2 Å². The zero-order valence-electron chi connectivity index (χ0n) is 13.5. The summed E-state index contributed by atoms with van der Waals surface area (Å²) >= 11 is 1.41. The van der Waals surface area contributed by atoms with Crippen molar-refractivity contribution in [2.45, 2.75) is 20.0 Å². The summed E-state index contributed by atoms with van der Waals surface area (Å²) in [6.07, 6.45) is -0.613. The first-order chi connectivity index (χ1) is 11.7. The van der Waals surface area contributed by atoms with E-state index >= 15 is 0 Å². The van der Waals surface area contributed by atoms with Gasteiger partial charge in [-0.15, -0.1) is 0 Å². The third-order valence-corrected chi connectivity index (χ3v) is 4.26. The Bertz CT molecular complexity index is 833. The Morgan fingerprint density at radius 1 is 1.21 bits per heavy atom. The molecule has 24 heavy (non-hydrogen) atoms. The van der Waals surface area contributed by atoms with Gasteiger partial charge in [0.15, 0.2) is 11.2 Å². The third-order valence-electron chi connectivity index (χ3n) is 3.33. The van der Waals surface area contributed by atoms with Gasteiger partial charge in [-0.2, -0.15) is 0 Å². The number of thiazole rings is 1. The highest BCUT2D eigenvalue weighted by Crippen LogP contribution is 2.29. The van der Waals surface area contributed by atoms with Crippen molar-refractivity contribution in [3.8, 4) is 11.5 Å². The van der Waals surface area contributed by atoms with Gasteiger partial charge in [-0.25, -0.2) is 4.98 Å². The summed E-state index contributed by atoms with van der Waals surface area (Å²) in [4.78, 5) is 16.7. The number of anilines is 1. The maximum absolute atomic E-state index is 12.3. The van der Waals surface area contributed by atoms with E-state index in [1.807, 2.05) is 55.5 Å². The van der Waals surface area contributed by atoms with E-state index in [9.17, 15) is 4.79 Å². The molecule has 1 N–H and O–H groups in total. The van der Waals surface area contributed by atoms with Gasteiger partial charge in [0.25, 0.3) is 5.91 Å². The summed E-state index contributed by atoms with van der Waals surface area (Å²) in [5.74, 6) is 1.22. The van der Waals surface area contributed by atoms with E-state index in [-0.39, 0.29) is 5.91 Å². The van der Waals surface area contributed by atoms with Gasteiger partial charge in [0, 0.05) is 0 Å². The molecule has 0 fully saturated rings. The standard InChI is InChI=1S/C18H18N2O3S/c1-3-22-14-9-10-15-16(11-14)24-18(19-15)20-17(21)12(2)23-13-7-5-4-6-8-13/h4-12H,3H2,1-2H3,(H,19,20,21)/t12-/m0/s1. The van der Waals surface area contributed by atoms with Gasteiger partial charge in [-0.1, -0.05) is 29.5 Å². The number of aromatic nitrogens is 1. The number of carbonyl (C=O) groups is 1. The Kier molecular flexibility index (Phi) is 4.96. The van der Waals surface area contributed by atoms with E-state index in [0.717, 1.165) is 16.0 Å². The van der Waals surface area contributed by atoms with E-state index in [1.165, 1.54) is 11.3 Å². The van der Waals surface area contributed by atoms with Crippen molar-refractivity contribution in [1.29, 1.82) is 0 Å². The number of nitrogens with one attached hydrogen (secondary N) is 1. The molecule has 1 aromatic heterocycles. The fraction of sp³-hybridized carbons (Fsp3) is 0.222. The van der Waals surface area contributed by atoms with Crippen molar-refractivity contribution >= 4 is 32.6 Å². The number of para-hydroxylation sites is 1. The van der Waals surface area contributed by atoms with Crippen molar-refractivity contribution in [3.05, 3.63) is 48.5 Å². The Labute approximate surface area is 144 Å². The number of hydrogen-bond donors (Lipinski definition) is 1. The van der Waals surface area contributed by atoms with Gasteiger partial charge < -0.3 is 9.47 Å². The second-order valence-corrected chi connectivity index (χ2v) is 6.17. The molecule has 3 aromatic rings. The molecular formula is C18H18N2O3S. The molecule has 6 heteroatoms. The lowest BCUT2D eigenvalue weighted by Gasteiger charge is -2.13. The summed E-state index contributed by atoms with van der Waals surface area (Å²) in [7, 11) is 0. The number of nitrogens with zero attached hydrogens (tertiary/aromatic N) is 1. The van der Waals surface area contributed by atoms with Crippen LogP contribution in [0, 0.1) is 0 Å². The van der Waals surface area contributed by atoms with Gasteiger partial charge in [0.2, 0.25) is 0 Å². The van der Waals surface area contributed by atoms with Crippen LogP contribution in [0.5, 0.6) is 11.5 Å². The largest absolute Gasteiger partial charge is 0.494 e. The molecule has 5 nitrogen and oxygen atoms in total. The zero-order valence-corrected chi connectivity index (χ0v) is 14.3.